The molecule has 1 amide bonds. The summed E-state index contributed by atoms with van der Waals surface area (Å²) in [7, 11) is -1.93. The highest BCUT2D eigenvalue weighted by molar-refractivity contribution is 7.92. The first-order valence-corrected chi connectivity index (χ1v) is 10.8. The molecule has 27 heavy (non-hydrogen) atoms. The summed E-state index contributed by atoms with van der Waals surface area (Å²) >= 11 is 0. The van der Waals surface area contributed by atoms with E-state index < -0.39 is 10.0 Å². The quantitative estimate of drug-likeness (QED) is 0.819. The van der Waals surface area contributed by atoms with Crippen molar-refractivity contribution in [3.05, 3.63) is 54.1 Å². The smallest absolute Gasteiger partial charge is 0.255 e. The van der Waals surface area contributed by atoms with Crippen LogP contribution in [-0.4, -0.2) is 33.7 Å². The molecule has 144 valence electrons. The van der Waals surface area contributed by atoms with Gasteiger partial charge in [0.15, 0.2) is 0 Å². The Labute approximate surface area is 160 Å². The van der Waals surface area contributed by atoms with Crippen molar-refractivity contribution in [2.75, 3.05) is 22.9 Å². The van der Waals surface area contributed by atoms with Crippen molar-refractivity contribution < 1.29 is 17.9 Å². The van der Waals surface area contributed by atoms with Crippen LogP contribution >= 0.6 is 0 Å². The molecule has 0 aliphatic heterocycles. The van der Waals surface area contributed by atoms with Gasteiger partial charge in [0.05, 0.1) is 18.0 Å². The summed E-state index contributed by atoms with van der Waals surface area (Å²) in [6, 6.07) is 13.8. The average Bonchev–Trinajstić information content (AvgIpc) is 3.15. The van der Waals surface area contributed by atoms with Crippen LogP contribution in [0.4, 0.5) is 11.4 Å². The van der Waals surface area contributed by atoms with Gasteiger partial charge in [-0.25, -0.2) is 8.42 Å². The summed E-state index contributed by atoms with van der Waals surface area (Å²) < 4.78 is 30.4. The lowest BCUT2D eigenvalue weighted by molar-refractivity contribution is 0.102. The monoisotopic (exact) mass is 388 g/mol. The fourth-order valence-corrected chi connectivity index (χ4v) is 3.55. The van der Waals surface area contributed by atoms with Crippen LogP contribution in [0.5, 0.6) is 5.75 Å². The third-order valence-electron chi connectivity index (χ3n) is 4.69. The number of amides is 1. The van der Waals surface area contributed by atoms with E-state index in [9.17, 15) is 13.2 Å². The van der Waals surface area contributed by atoms with E-state index in [0.717, 1.165) is 29.2 Å². The molecular weight excluding hydrogens is 364 g/mol. The molecule has 1 fully saturated rings. The molecule has 6 nitrogen and oxygen atoms in total. The van der Waals surface area contributed by atoms with Crippen LogP contribution in [-0.2, 0) is 10.0 Å². The predicted octanol–water partition coefficient (Wildman–Crippen LogP) is 3.66. The summed E-state index contributed by atoms with van der Waals surface area (Å²) in [5.41, 5.74) is 1.47. The number of carbonyl (C=O) groups excluding carboxylic acids is 1. The van der Waals surface area contributed by atoms with E-state index in [1.807, 2.05) is 12.1 Å². The van der Waals surface area contributed by atoms with Crippen LogP contribution in [0.3, 0.4) is 0 Å². The zero-order valence-corrected chi connectivity index (χ0v) is 16.3. The van der Waals surface area contributed by atoms with Crippen LogP contribution in [0.25, 0.3) is 0 Å². The van der Waals surface area contributed by atoms with Crippen LogP contribution in [0, 0.1) is 0 Å². The van der Waals surface area contributed by atoms with E-state index in [0.29, 0.717) is 23.0 Å². The van der Waals surface area contributed by atoms with Crippen molar-refractivity contribution in [2.45, 2.75) is 31.8 Å². The van der Waals surface area contributed by atoms with E-state index >= 15 is 0 Å². The number of carbonyl (C=O) groups is 1. The number of nitrogens with zero attached hydrogens (tertiary/aromatic N) is 1. The minimum atomic E-state index is -3.38. The number of anilines is 2. The third kappa shape index (κ3) is 5.01. The first-order valence-electron chi connectivity index (χ1n) is 8.95. The van der Waals surface area contributed by atoms with E-state index in [2.05, 4.69) is 5.32 Å². The number of nitrogens with one attached hydrogen (secondary N) is 1. The highest BCUT2D eigenvalue weighted by atomic mass is 32.2. The van der Waals surface area contributed by atoms with E-state index in [1.165, 1.54) is 19.9 Å². The van der Waals surface area contributed by atoms with Gasteiger partial charge in [0.1, 0.15) is 5.75 Å². The lowest BCUT2D eigenvalue weighted by Gasteiger charge is -2.17. The highest BCUT2D eigenvalue weighted by Crippen LogP contribution is 2.25. The minimum absolute atomic E-state index is 0.292. The van der Waals surface area contributed by atoms with Crippen LogP contribution in [0.2, 0.25) is 0 Å². The molecule has 0 aromatic heterocycles. The van der Waals surface area contributed by atoms with E-state index in [1.54, 1.807) is 36.4 Å². The van der Waals surface area contributed by atoms with Crippen molar-refractivity contribution >= 4 is 27.3 Å². The molecule has 1 aliphatic carbocycles. The number of rotatable bonds is 6. The Kier molecular flexibility index (Phi) is 5.70. The van der Waals surface area contributed by atoms with Crippen molar-refractivity contribution in [1.82, 2.24) is 0 Å². The summed E-state index contributed by atoms with van der Waals surface area (Å²) in [5.74, 6) is 0.500. The van der Waals surface area contributed by atoms with Crippen LogP contribution < -0.4 is 14.4 Å². The molecule has 7 heteroatoms. The molecule has 3 rings (SSSR count). The Balaban J connectivity index is 1.66. The molecule has 2 aromatic rings. The largest absolute Gasteiger partial charge is 0.490 e. The molecule has 0 radical (unpaired) electrons. The standard InChI is InChI=1S/C20H24N2O4S/c1-22(27(2,24)25)17-7-5-6-15(14-17)20(23)21-16-10-12-19(13-11-16)26-18-8-3-4-9-18/h5-7,10-14,18H,3-4,8-9H2,1-2H3,(H,21,23). The van der Waals surface area contributed by atoms with Gasteiger partial charge in [-0.15, -0.1) is 0 Å². The lowest BCUT2D eigenvalue weighted by Crippen LogP contribution is -2.25. The second-order valence-corrected chi connectivity index (χ2v) is 8.80. The number of hydrogen-bond donors (Lipinski definition) is 1. The zero-order valence-electron chi connectivity index (χ0n) is 15.5. The van der Waals surface area contributed by atoms with Crippen LogP contribution in [0.15, 0.2) is 48.5 Å². The Morgan fingerprint density at radius 3 is 2.41 bits per heavy atom. The fourth-order valence-electron chi connectivity index (χ4n) is 3.05. The van der Waals surface area contributed by atoms with Crippen molar-refractivity contribution in [2.24, 2.45) is 0 Å². The average molecular weight is 388 g/mol. The molecule has 1 N–H and O–H groups in total. The molecule has 0 atom stereocenters. The summed E-state index contributed by atoms with van der Waals surface area (Å²) in [4.78, 5) is 12.5. The topological polar surface area (TPSA) is 75.7 Å². The maximum Gasteiger partial charge on any atom is 0.255 e. The minimum Gasteiger partial charge on any atom is -0.490 e. The van der Waals surface area contributed by atoms with Crippen molar-refractivity contribution in [3.8, 4) is 5.75 Å². The molecule has 1 aliphatic rings. The summed E-state index contributed by atoms with van der Waals surface area (Å²) in [6.07, 6.45) is 6.03. The van der Waals surface area contributed by atoms with Gasteiger partial charge in [-0.05, 0) is 68.1 Å². The maximum absolute atomic E-state index is 12.5. The Morgan fingerprint density at radius 1 is 1.11 bits per heavy atom. The van der Waals surface area contributed by atoms with Gasteiger partial charge < -0.3 is 10.1 Å². The normalized spacial score (nSPS) is 14.7. The number of hydrogen-bond acceptors (Lipinski definition) is 4. The van der Waals surface area contributed by atoms with E-state index in [-0.39, 0.29) is 5.91 Å². The summed E-state index contributed by atoms with van der Waals surface area (Å²) in [6.45, 7) is 0. The number of benzene rings is 2. The molecule has 2 aromatic carbocycles. The Bertz CT molecular complexity index is 904. The van der Waals surface area contributed by atoms with Crippen LogP contribution in [0.1, 0.15) is 36.0 Å². The van der Waals surface area contributed by atoms with Crippen molar-refractivity contribution in [3.63, 3.8) is 0 Å². The van der Waals surface area contributed by atoms with Gasteiger partial charge in [0.2, 0.25) is 10.0 Å². The molecular formula is C20H24N2O4S. The lowest BCUT2D eigenvalue weighted by atomic mass is 10.2. The number of ether oxygens (including phenoxy) is 1. The molecule has 0 unspecified atom stereocenters. The van der Waals surface area contributed by atoms with E-state index in [4.69, 9.17) is 4.74 Å². The van der Waals surface area contributed by atoms with Crippen molar-refractivity contribution in [1.29, 1.82) is 0 Å². The fraction of sp³-hybridized carbons (Fsp3) is 0.350. The zero-order chi connectivity index (χ0) is 19.4. The Hall–Kier alpha value is -2.54. The van der Waals surface area contributed by atoms with Gasteiger partial charge in [-0.2, -0.15) is 0 Å². The highest BCUT2D eigenvalue weighted by Gasteiger charge is 2.17. The van der Waals surface area contributed by atoms with Gasteiger partial charge in [0.25, 0.3) is 5.91 Å². The molecule has 1 saturated carbocycles. The molecule has 0 spiro atoms. The SMILES string of the molecule is CN(c1cccc(C(=O)Nc2ccc(OC3CCCC3)cc2)c1)S(C)(=O)=O. The molecule has 0 bridgehead atoms. The second kappa shape index (κ2) is 8.00. The number of sulfonamides is 1. The second-order valence-electron chi connectivity index (χ2n) is 6.78. The molecule has 0 saturated heterocycles. The first kappa shape index (κ1) is 19.2. The first-order chi connectivity index (χ1) is 12.8. The third-order valence-corrected chi connectivity index (χ3v) is 5.89. The maximum atomic E-state index is 12.5. The predicted molar refractivity (Wildman–Crippen MR) is 107 cm³/mol. The van der Waals surface area contributed by atoms with Gasteiger partial charge in [-0.1, -0.05) is 6.07 Å². The van der Waals surface area contributed by atoms with Gasteiger partial charge >= 0.3 is 0 Å². The Morgan fingerprint density at radius 2 is 1.78 bits per heavy atom. The van der Waals surface area contributed by atoms with Gasteiger partial charge in [-0.3, -0.25) is 9.10 Å². The molecule has 0 heterocycles. The summed E-state index contributed by atoms with van der Waals surface area (Å²) in [5, 5.41) is 2.82. The van der Waals surface area contributed by atoms with Gasteiger partial charge in [0, 0.05) is 18.3 Å².